The second kappa shape index (κ2) is 8.55. The van der Waals surface area contributed by atoms with Crippen molar-refractivity contribution < 1.29 is 9.47 Å². The first-order valence-corrected chi connectivity index (χ1v) is 8.65. The summed E-state index contributed by atoms with van der Waals surface area (Å²) in [6.07, 6.45) is 0. The Morgan fingerprint density at radius 3 is 2.37 bits per heavy atom. The molecule has 140 valence electrons. The van der Waals surface area contributed by atoms with Crippen LogP contribution in [0, 0.1) is 6.92 Å². The van der Waals surface area contributed by atoms with Gasteiger partial charge in [-0.3, -0.25) is 0 Å². The van der Waals surface area contributed by atoms with Gasteiger partial charge in [0.2, 0.25) is 11.9 Å². The molecular formula is C19H20ClN5O2. The molecule has 0 radical (unpaired) electrons. The first-order chi connectivity index (χ1) is 13.1. The lowest BCUT2D eigenvalue weighted by atomic mass is 10.2. The van der Waals surface area contributed by atoms with E-state index in [0.29, 0.717) is 40.8 Å². The van der Waals surface area contributed by atoms with E-state index in [9.17, 15) is 0 Å². The van der Waals surface area contributed by atoms with Gasteiger partial charge in [-0.1, -0.05) is 23.7 Å². The smallest absolute Gasteiger partial charge is 0.232 e. The van der Waals surface area contributed by atoms with E-state index in [1.165, 1.54) is 0 Å². The van der Waals surface area contributed by atoms with Crippen molar-refractivity contribution in [1.82, 2.24) is 15.0 Å². The van der Waals surface area contributed by atoms with Crippen LogP contribution in [0.3, 0.4) is 0 Å². The standard InChI is InChI=1S/C19H20ClN5O2/c1-12-22-18(21-11-13-4-6-14(20)7-5-13)25-19(23-12)24-16-9-8-15(26-2)10-17(16)27-3/h4-10H,11H2,1-3H3,(H2,21,22,23,24,25). The summed E-state index contributed by atoms with van der Waals surface area (Å²) in [4.78, 5) is 13.1. The van der Waals surface area contributed by atoms with Gasteiger partial charge in [-0.2, -0.15) is 15.0 Å². The molecule has 1 aromatic heterocycles. The Morgan fingerprint density at radius 2 is 1.67 bits per heavy atom. The monoisotopic (exact) mass is 385 g/mol. The number of halogens is 1. The number of hydrogen-bond acceptors (Lipinski definition) is 7. The Balaban J connectivity index is 1.76. The van der Waals surface area contributed by atoms with E-state index in [2.05, 4.69) is 25.6 Å². The number of benzene rings is 2. The summed E-state index contributed by atoms with van der Waals surface area (Å²) in [5.41, 5.74) is 1.80. The third-order valence-corrected chi connectivity index (χ3v) is 4.02. The summed E-state index contributed by atoms with van der Waals surface area (Å²) in [5, 5.41) is 7.06. The Bertz CT molecular complexity index is 918. The maximum absolute atomic E-state index is 5.91. The highest BCUT2D eigenvalue weighted by Gasteiger charge is 2.09. The van der Waals surface area contributed by atoms with Crippen LogP contribution >= 0.6 is 11.6 Å². The topological polar surface area (TPSA) is 81.2 Å². The van der Waals surface area contributed by atoms with E-state index >= 15 is 0 Å². The molecule has 0 atom stereocenters. The fourth-order valence-electron chi connectivity index (χ4n) is 2.42. The molecule has 0 aliphatic rings. The Morgan fingerprint density at radius 1 is 0.926 bits per heavy atom. The summed E-state index contributed by atoms with van der Waals surface area (Å²) in [5.74, 6) is 2.83. The molecule has 2 N–H and O–H groups in total. The number of nitrogens with zero attached hydrogens (tertiary/aromatic N) is 3. The van der Waals surface area contributed by atoms with Gasteiger partial charge in [0.05, 0.1) is 19.9 Å². The quantitative estimate of drug-likeness (QED) is 0.630. The Hall–Kier alpha value is -3.06. The highest BCUT2D eigenvalue weighted by Crippen LogP contribution is 2.30. The van der Waals surface area contributed by atoms with E-state index in [1.807, 2.05) is 43.3 Å². The largest absolute Gasteiger partial charge is 0.497 e. The zero-order chi connectivity index (χ0) is 19.2. The summed E-state index contributed by atoms with van der Waals surface area (Å²) in [6.45, 7) is 2.39. The van der Waals surface area contributed by atoms with Crippen molar-refractivity contribution >= 4 is 29.2 Å². The third-order valence-electron chi connectivity index (χ3n) is 3.77. The maximum atomic E-state index is 5.91. The number of aromatic nitrogens is 3. The van der Waals surface area contributed by atoms with E-state index < -0.39 is 0 Å². The van der Waals surface area contributed by atoms with Gasteiger partial charge in [0, 0.05) is 17.6 Å². The molecule has 27 heavy (non-hydrogen) atoms. The minimum absolute atomic E-state index is 0.421. The summed E-state index contributed by atoms with van der Waals surface area (Å²) in [7, 11) is 3.20. The van der Waals surface area contributed by atoms with Crippen LogP contribution in [0.15, 0.2) is 42.5 Å². The van der Waals surface area contributed by atoms with Gasteiger partial charge in [0.15, 0.2) is 0 Å². The summed E-state index contributed by atoms with van der Waals surface area (Å²) < 4.78 is 10.6. The van der Waals surface area contributed by atoms with E-state index in [0.717, 1.165) is 11.3 Å². The lowest BCUT2D eigenvalue weighted by Gasteiger charge is -2.12. The van der Waals surface area contributed by atoms with Gasteiger partial charge in [0.25, 0.3) is 0 Å². The van der Waals surface area contributed by atoms with Crippen LogP contribution in [-0.4, -0.2) is 29.2 Å². The number of rotatable bonds is 7. The number of anilines is 3. The fraction of sp³-hybridized carbons (Fsp3) is 0.211. The molecule has 8 heteroatoms. The van der Waals surface area contributed by atoms with Gasteiger partial charge >= 0.3 is 0 Å². The molecule has 0 unspecified atom stereocenters. The number of nitrogens with one attached hydrogen (secondary N) is 2. The average molecular weight is 386 g/mol. The van der Waals surface area contributed by atoms with Crippen molar-refractivity contribution in [1.29, 1.82) is 0 Å². The van der Waals surface area contributed by atoms with Crippen LogP contribution in [-0.2, 0) is 6.54 Å². The summed E-state index contributed by atoms with van der Waals surface area (Å²) >= 11 is 5.91. The first-order valence-electron chi connectivity index (χ1n) is 8.27. The zero-order valence-corrected chi connectivity index (χ0v) is 16.0. The van der Waals surface area contributed by atoms with Crippen LogP contribution in [0.25, 0.3) is 0 Å². The lowest BCUT2D eigenvalue weighted by Crippen LogP contribution is -2.08. The number of hydrogen-bond donors (Lipinski definition) is 2. The predicted molar refractivity (Wildman–Crippen MR) is 106 cm³/mol. The van der Waals surface area contributed by atoms with Crippen molar-refractivity contribution in [3.63, 3.8) is 0 Å². The normalized spacial score (nSPS) is 10.4. The van der Waals surface area contributed by atoms with Crippen molar-refractivity contribution in [3.8, 4) is 11.5 Å². The molecule has 0 spiro atoms. The average Bonchev–Trinajstić information content (AvgIpc) is 2.67. The second-order valence-corrected chi connectivity index (χ2v) is 6.14. The zero-order valence-electron chi connectivity index (χ0n) is 15.3. The van der Waals surface area contributed by atoms with Crippen molar-refractivity contribution in [2.24, 2.45) is 0 Å². The van der Waals surface area contributed by atoms with Crippen molar-refractivity contribution in [2.75, 3.05) is 24.9 Å². The van der Waals surface area contributed by atoms with E-state index in [1.54, 1.807) is 20.3 Å². The molecule has 7 nitrogen and oxygen atoms in total. The summed E-state index contributed by atoms with van der Waals surface area (Å²) in [6, 6.07) is 13.1. The fourth-order valence-corrected chi connectivity index (χ4v) is 2.55. The molecule has 0 fully saturated rings. The molecule has 1 heterocycles. The molecule has 0 bridgehead atoms. The number of ether oxygens (including phenoxy) is 2. The van der Waals surface area contributed by atoms with Crippen LogP contribution < -0.4 is 20.1 Å². The van der Waals surface area contributed by atoms with Crippen molar-refractivity contribution in [3.05, 3.63) is 58.9 Å². The molecule has 0 aliphatic heterocycles. The SMILES string of the molecule is COc1ccc(Nc2nc(C)nc(NCc3ccc(Cl)cc3)n2)c(OC)c1. The molecule has 2 aromatic carbocycles. The first kappa shape index (κ1) is 18.7. The molecule has 3 aromatic rings. The molecule has 0 amide bonds. The molecular weight excluding hydrogens is 366 g/mol. The minimum Gasteiger partial charge on any atom is -0.497 e. The lowest BCUT2D eigenvalue weighted by molar-refractivity contribution is 0.395. The predicted octanol–water partition coefficient (Wildman–Crippen LogP) is 4.21. The molecule has 0 aliphatic carbocycles. The van der Waals surface area contributed by atoms with Gasteiger partial charge < -0.3 is 20.1 Å². The van der Waals surface area contributed by atoms with E-state index in [4.69, 9.17) is 21.1 Å². The van der Waals surface area contributed by atoms with Crippen LogP contribution in [0.1, 0.15) is 11.4 Å². The highest BCUT2D eigenvalue weighted by atomic mass is 35.5. The van der Waals surface area contributed by atoms with Gasteiger partial charge in [-0.25, -0.2) is 0 Å². The Kier molecular flexibility index (Phi) is 5.93. The molecule has 3 rings (SSSR count). The third kappa shape index (κ3) is 4.98. The van der Waals surface area contributed by atoms with E-state index in [-0.39, 0.29) is 0 Å². The maximum Gasteiger partial charge on any atom is 0.232 e. The van der Waals surface area contributed by atoms with Crippen LogP contribution in [0.5, 0.6) is 11.5 Å². The Labute approximate surface area is 162 Å². The van der Waals surface area contributed by atoms with Gasteiger partial charge in [0.1, 0.15) is 17.3 Å². The number of aryl methyl sites for hydroxylation is 1. The van der Waals surface area contributed by atoms with Crippen molar-refractivity contribution in [2.45, 2.75) is 13.5 Å². The molecule has 0 saturated heterocycles. The van der Waals surface area contributed by atoms with Crippen LogP contribution in [0.2, 0.25) is 5.02 Å². The minimum atomic E-state index is 0.421. The highest BCUT2D eigenvalue weighted by molar-refractivity contribution is 6.30. The molecule has 0 saturated carbocycles. The van der Waals surface area contributed by atoms with Gasteiger partial charge in [-0.15, -0.1) is 0 Å². The van der Waals surface area contributed by atoms with Crippen LogP contribution in [0.4, 0.5) is 17.6 Å². The second-order valence-electron chi connectivity index (χ2n) is 5.70. The number of methoxy groups -OCH3 is 2. The van der Waals surface area contributed by atoms with Gasteiger partial charge in [-0.05, 0) is 36.8 Å².